The zero-order chi connectivity index (χ0) is 21.7. The average Bonchev–Trinajstić information content (AvgIpc) is 3.20. The van der Waals surface area contributed by atoms with Gasteiger partial charge >= 0.3 is 6.01 Å². The van der Waals surface area contributed by atoms with Crippen molar-refractivity contribution in [3.8, 4) is 23.0 Å². The Morgan fingerprint density at radius 3 is 2.47 bits per heavy atom. The van der Waals surface area contributed by atoms with Gasteiger partial charge in [0.15, 0.2) is 9.84 Å². The van der Waals surface area contributed by atoms with Crippen molar-refractivity contribution in [2.24, 2.45) is 0 Å². The van der Waals surface area contributed by atoms with Gasteiger partial charge in [-0.3, -0.25) is 10.1 Å². The van der Waals surface area contributed by atoms with Crippen LogP contribution in [0, 0.1) is 6.92 Å². The molecule has 0 bridgehead atoms. The van der Waals surface area contributed by atoms with Crippen LogP contribution in [0.15, 0.2) is 51.8 Å². The van der Waals surface area contributed by atoms with Crippen LogP contribution in [0.4, 0.5) is 6.01 Å². The Hall–Kier alpha value is -3.40. The minimum atomic E-state index is -3.57. The topological polar surface area (TPSA) is 121 Å². The zero-order valence-corrected chi connectivity index (χ0v) is 17.5. The van der Waals surface area contributed by atoms with Crippen molar-refractivity contribution >= 4 is 21.8 Å². The molecule has 2 aromatic carbocycles. The highest BCUT2D eigenvalue weighted by Gasteiger charge is 2.19. The van der Waals surface area contributed by atoms with E-state index < -0.39 is 15.7 Å². The summed E-state index contributed by atoms with van der Waals surface area (Å²) in [7, 11) is -0.546. The maximum atomic E-state index is 12.4. The van der Waals surface area contributed by atoms with Gasteiger partial charge in [-0.05, 0) is 31.2 Å². The number of sulfone groups is 1. The molecular formula is C20H21N3O6S. The van der Waals surface area contributed by atoms with Crippen LogP contribution in [0.5, 0.6) is 11.5 Å². The minimum Gasteiger partial charge on any atom is -0.497 e. The summed E-state index contributed by atoms with van der Waals surface area (Å²) in [6, 6.07) is 11.4. The van der Waals surface area contributed by atoms with E-state index in [1.54, 1.807) is 30.3 Å². The van der Waals surface area contributed by atoms with Crippen LogP contribution >= 0.6 is 0 Å². The maximum absolute atomic E-state index is 12.4. The normalized spacial score (nSPS) is 11.2. The van der Waals surface area contributed by atoms with E-state index in [2.05, 4.69) is 15.5 Å². The first kappa shape index (κ1) is 21.3. The second kappa shape index (κ2) is 8.95. The fourth-order valence-electron chi connectivity index (χ4n) is 2.63. The second-order valence-electron chi connectivity index (χ2n) is 6.41. The van der Waals surface area contributed by atoms with E-state index >= 15 is 0 Å². The third-order valence-electron chi connectivity index (χ3n) is 4.29. The summed E-state index contributed by atoms with van der Waals surface area (Å²) in [5, 5.41) is 10.1. The van der Waals surface area contributed by atoms with Gasteiger partial charge in [0.2, 0.25) is 5.91 Å². The molecule has 30 heavy (non-hydrogen) atoms. The number of hydrogen-bond donors (Lipinski definition) is 1. The van der Waals surface area contributed by atoms with Crippen LogP contribution < -0.4 is 14.8 Å². The summed E-state index contributed by atoms with van der Waals surface area (Å²) >= 11 is 0. The molecule has 1 heterocycles. The van der Waals surface area contributed by atoms with E-state index in [1.165, 1.54) is 26.4 Å². The number of nitrogens with zero attached hydrogens (tertiary/aromatic N) is 2. The molecule has 9 nitrogen and oxygen atoms in total. The van der Waals surface area contributed by atoms with Gasteiger partial charge in [0, 0.05) is 12.5 Å². The highest BCUT2D eigenvalue weighted by molar-refractivity contribution is 7.91. The molecule has 0 aliphatic rings. The standard InChI is InChI=1S/C20H21N3O6S/c1-13-4-7-15(8-5-13)30(25,26)11-10-18(24)21-20-23-22-19(29-20)16-9-6-14(27-2)12-17(16)28-3/h4-9,12H,10-11H2,1-3H3,(H,21,23,24). The molecule has 0 unspecified atom stereocenters. The molecular weight excluding hydrogens is 410 g/mol. The molecule has 0 fully saturated rings. The van der Waals surface area contributed by atoms with Gasteiger partial charge in [-0.15, -0.1) is 5.10 Å². The quantitative estimate of drug-likeness (QED) is 0.578. The third kappa shape index (κ3) is 4.95. The van der Waals surface area contributed by atoms with Gasteiger partial charge < -0.3 is 13.9 Å². The largest absolute Gasteiger partial charge is 0.497 e. The van der Waals surface area contributed by atoms with Gasteiger partial charge in [0.25, 0.3) is 5.89 Å². The number of carbonyl (C=O) groups is 1. The maximum Gasteiger partial charge on any atom is 0.322 e. The van der Waals surface area contributed by atoms with Gasteiger partial charge in [-0.2, -0.15) is 0 Å². The van der Waals surface area contributed by atoms with E-state index in [1.807, 2.05) is 6.92 Å². The summed E-state index contributed by atoms with van der Waals surface area (Å²) in [6.45, 7) is 1.87. The molecule has 0 saturated carbocycles. The highest BCUT2D eigenvalue weighted by atomic mass is 32.2. The predicted molar refractivity (Wildman–Crippen MR) is 109 cm³/mol. The van der Waals surface area contributed by atoms with E-state index in [-0.39, 0.29) is 29.0 Å². The number of methoxy groups -OCH3 is 2. The Balaban J connectivity index is 1.65. The first-order chi connectivity index (χ1) is 14.3. The van der Waals surface area contributed by atoms with E-state index in [0.717, 1.165) is 5.56 Å². The van der Waals surface area contributed by atoms with Gasteiger partial charge in [0.1, 0.15) is 11.5 Å². The number of aromatic nitrogens is 2. The van der Waals surface area contributed by atoms with E-state index in [9.17, 15) is 13.2 Å². The molecule has 1 aromatic heterocycles. The molecule has 1 N–H and O–H groups in total. The smallest absolute Gasteiger partial charge is 0.322 e. The molecule has 0 aliphatic heterocycles. The Morgan fingerprint density at radius 1 is 1.07 bits per heavy atom. The van der Waals surface area contributed by atoms with Crippen LogP contribution in [-0.2, 0) is 14.6 Å². The van der Waals surface area contributed by atoms with Crippen molar-refractivity contribution in [3.63, 3.8) is 0 Å². The van der Waals surface area contributed by atoms with Crippen LogP contribution in [0.1, 0.15) is 12.0 Å². The fourth-order valence-corrected chi connectivity index (χ4v) is 3.87. The van der Waals surface area contributed by atoms with Crippen LogP contribution in [0.25, 0.3) is 11.5 Å². The number of hydrogen-bond acceptors (Lipinski definition) is 8. The zero-order valence-electron chi connectivity index (χ0n) is 16.7. The van der Waals surface area contributed by atoms with Crippen molar-refractivity contribution in [2.75, 3.05) is 25.3 Å². The van der Waals surface area contributed by atoms with Crippen molar-refractivity contribution in [1.29, 1.82) is 0 Å². The molecule has 3 aromatic rings. The highest BCUT2D eigenvalue weighted by Crippen LogP contribution is 2.33. The molecule has 158 valence electrons. The number of carbonyl (C=O) groups excluding carboxylic acids is 1. The lowest BCUT2D eigenvalue weighted by Gasteiger charge is -2.07. The average molecular weight is 431 g/mol. The van der Waals surface area contributed by atoms with Crippen LogP contribution in [0.3, 0.4) is 0 Å². The predicted octanol–water partition coefficient (Wildman–Crippen LogP) is 2.86. The third-order valence-corrected chi connectivity index (χ3v) is 6.02. The van der Waals surface area contributed by atoms with E-state index in [4.69, 9.17) is 13.9 Å². The number of ether oxygens (including phenoxy) is 2. The van der Waals surface area contributed by atoms with Crippen LogP contribution in [-0.4, -0.2) is 44.5 Å². The Bertz CT molecular complexity index is 1140. The summed E-state index contributed by atoms with van der Waals surface area (Å²) in [6.07, 6.45) is -0.250. The molecule has 10 heteroatoms. The Kier molecular flexibility index (Phi) is 6.36. The lowest BCUT2D eigenvalue weighted by Crippen LogP contribution is -2.17. The second-order valence-corrected chi connectivity index (χ2v) is 8.52. The molecule has 0 aliphatic carbocycles. The lowest BCUT2D eigenvalue weighted by molar-refractivity contribution is -0.115. The minimum absolute atomic E-state index is 0.136. The molecule has 3 rings (SSSR count). The first-order valence-electron chi connectivity index (χ1n) is 8.97. The van der Waals surface area contributed by atoms with Crippen LogP contribution in [0.2, 0.25) is 0 Å². The molecule has 0 atom stereocenters. The summed E-state index contributed by atoms with van der Waals surface area (Å²) < 4.78 is 40.6. The summed E-state index contributed by atoms with van der Waals surface area (Å²) in [5.41, 5.74) is 1.47. The number of anilines is 1. The Morgan fingerprint density at radius 2 is 1.80 bits per heavy atom. The molecule has 0 radical (unpaired) electrons. The van der Waals surface area contributed by atoms with Crippen molar-refractivity contribution in [3.05, 3.63) is 48.0 Å². The monoisotopic (exact) mass is 431 g/mol. The van der Waals surface area contributed by atoms with Crippen molar-refractivity contribution in [1.82, 2.24) is 10.2 Å². The van der Waals surface area contributed by atoms with Gasteiger partial charge in [-0.25, -0.2) is 8.42 Å². The van der Waals surface area contributed by atoms with Crippen molar-refractivity contribution in [2.45, 2.75) is 18.2 Å². The Labute approximate surface area is 174 Å². The number of benzene rings is 2. The summed E-state index contributed by atoms with van der Waals surface area (Å²) in [4.78, 5) is 12.3. The lowest BCUT2D eigenvalue weighted by atomic mass is 10.2. The van der Waals surface area contributed by atoms with Gasteiger partial charge in [0.05, 0.1) is 30.4 Å². The fraction of sp³-hybridized carbons (Fsp3) is 0.250. The number of amides is 1. The number of rotatable bonds is 8. The molecule has 0 spiro atoms. The number of aryl methyl sites for hydroxylation is 1. The number of nitrogens with one attached hydrogen (secondary N) is 1. The SMILES string of the molecule is COc1ccc(-c2nnc(NC(=O)CCS(=O)(=O)c3ccc(C)cc3)o2)c(OC)c1. The summed E-state index contributed by atoms with van der Waals surface area (Å²) in [5.74, 6) is 0.299. The molecule has 0 saturated heterocycles. The van der Waals surface area contributed by atoms with Gasteiger partial charge in [-0.1, -0.05) is 22.8 Å². The van der Waals surface area contributed by atoms with E-state index in [0.29, 0.717) is 17.1 Å². The first-order valence-corrected chi connectivity index (χ1v) is 10.6. The van der Waals surface area contributed by atoms with Crippen molar-refractivity contribution < 1.29 is 27.1 Å². The molecule has 1 amide bonds.